The summed E-state index contributed by atoms with van der Waals surface area (Å²) in [6.07, 6.45) is 2.33. The van der Waals surface area contributed by atoms with Crippen molar-refractivity contribution in [3.63, 3.8) is 0 Å². The quantitative estimate of drug-likeness (QED) is 0.255. The molecular weight excluding hydrogens is 376 g/mol. The minimum Gasteiger partial charge on any atom is -0.480 e. The van der Waals surface area contributed by atoms with E-state index < -0.39 is 36.0 Å². The van der Waals surface area contributed by atoms with Gasteiger partial charge in [-0.3, -0.25) is 19.2 Å². The number of hydrogen-bond donors (Lipinski definition) is 8. The van der Waals surface area contributed by atoms with Crippen molar-refractivity contribution in [3.8, 4) is 0 Å². The summed E-state index contributed by atoms with van der Waals surface area (Å²) in [5.41, 5.74) is 14.6. The van der Waals surface area contributed by atoms with Crippen LogP contribution in [0.5, 0.6) is 0 Å². The minimum atomic E-state index is -0.968. The first-order valence-corrected chi connectivity index (χ1v) is 8.60. The molecule has 1 aliphatic heterocycles. The molecule has 12 nitrogen and oxygen atoms in total. The molecule has 0 aromatic carbocycles. The van der Waals surface area contributed by atoms with Crippen molar-refractivity contribution >= 4 is 23.9 Å². The van der Waals surface area contributed by atoms with E-state index >= 15 is 0 Å². The van der Waals surface area contributed by atoms with Crippen molar-refractivity contribution in [1.82, 2.24) is 5.32 Å². The summed E-state index contributed by atoms with van der Waals surface area (Å²) in [5, 5.41) is 35.0. The van der Waals surface area contributed by atoms with Crippen LogP contribution in [0, 0.1) is 5.92 Å². The third kappa shape index (κ3) is 23.7. The summed E-state index contributed by atoms with van der Waals surface area (Å²) in [7, 11) is 0. The van der Waals surface area contributed by atoms with Crippen LogP contribution < -0.4 is 22.5 Å². The highest BCUT2D eigenvalue weighted by molar-refractivity contribution is 5.74. The van der Waals surface area contributed by atoms with Crippen LogP contribution in [0.15, 0.2) is 0 Å². The molecule has 0 bridgehead atoms. The average Bonchev–Trinajstić information content (AvgIpc) is 3.10. The monoisotopic (exact) mass is 410 g/mol. The molecule has 1 saturated heterocycles. The largest absolute Gasteiger partial charge is 0.480 e. The van der Waals surface area contributed by atoms with Gasteiger partial charge in [-0.05, 0) is 38.6 Å². The Kier molecular flexibility index (Phi) is 19.7. The second-order valence-electron chi connectivity index (χ2n) is 6.29. The highest BCUT2D eigenvalue weighted by atomic mass is 16.4. The molecule has 1 heterocycles. The Bertz CT molecular complexity index is 466. The lowest BCUT2D eigenvalue weighted by atomic mass is 10.1. The third-order valence-corrected chi connectivity index (χ3v) is 2.97. The number of hydrogen-bond acceptors (Lipinski definition) is 8. The van der Waals surface area contributed by atoms with Gasteiger partial charge in [0.2, 0.25) is 0 Å². The summed E-state index contributed by atoms with van der Waals surface area (Å²) in [5.74, 6) is -3.21. The van der Waals surface area contributed by atoms with Gasteiger partial charge >= 0.3 is 23.9 Å². The van der Waals surface area contributed by atoms with E-state index in [9.17, 15) is 19.2 Å². The van der Waals surface area contributed by atoms with Crippen molar-refractivity contribution in [1.29, 1.82) is 0 Å². The standard InChI is InChI=1S/C6H13NO2.C5H9NO2.C3H7NO2.C2H5NO2/c1-4(2)3-5(7)6(8)9;7-5(8)4-2-1-3-6-4;1-2(4)3(5)6;3-1-2(4)5/h4-5H,3,7H2,1-2H3,(H,8,9);4,6H,1-3H2,(H,7,8);2H,4H2,1H3,(H,5,6);1,3H2,(H,4,5)/t;4-;;/m.0../s1. The molecule has 0 amide bonds. The average molecular weight is 410 g/mol. The van der Waals surface area contributed by atoms with E-state index in [1.807, 2.05) is 13.8 Å². The molecule has 1 fully saturated rings. The van der Waals surface area contributed by atoms with E-state index in [4.69, 9.17) is 31.9 Å². The van der Waals surface area contributed by atoms with Gasteiger partial charge in [0, 0.05) is 0 Å². The Morgan fingerprint density at radius 1 is 1.00 bits per heavy atom. The second kappa shape index (κ2) is 18.1. The van der Waals surface area contributed by atoms with E-state index in [-0.39, 0.29) is 12.6 Å². The van der Waals surface area contributed by atoms with Gasteiger partial charge in [-0.1, -0.05) is 13.8 Å². The lowest BCUT2D eigenvalue weighted by Crippen LogP contribution is -2.31. The molecule has 1 aliphatic rings. The molecule has 0 aromatic rings. The summed E-state index contributed by atoms with van der Waals surface area (Å²) in [4.78, 5) is 39.1. The molecular formula is C16H34N4O8. The Morgan fingerprint density at radius 2 is 1.43 bits per heavy atom. The van der Waals surface area contributed by atoms with E-state index in [1.165, 1.54) is 6.92 Å². The van der Waals surface area contributed by atoms with E-state index in [2.05, 4.69) is 11.1 Å². The number of nitrogens with two attached hydrogens (primary N) is 3. The predicted molar refractivity (Wildman–Crippen MR) is 102 cm³/mol. The first kappa shape index (κ1) is 30.4. The SMILES string of the molecule is CC(C)CC(N)C(=O)O.CC(N)C(=O)O.NCC(=O)O.O=C(O)[C@@H]1CCCN1. The highest BCUT2D eigenvalue weighted by Gasteiger charge is 2.20. The lowest BCUT2D eigenvalue weighted by molar-refractivity contribution is -0.139. The van der Waals surface area contributed by atoms with Crippen LogP contribution in [0.3, 0.4) is 0 Å². The molecule has 0 saturated carbocycles. The maximum Gasteiger partial charge on any atom is 0.320 e. The van der Waals surface area contributed by atoms with Gasteiger partial charge in [0.25, 0.3) is 0 Å². The van der Waals surface area contributed by atoms with Crippen molar-refractivity contribution in [2.75, 3.05) is 13.1 Å². The van der Waals surface area contributed by atoms with Crippen LogP contribution in [0.4, 0.5) is 0 Å². The molecule has 0 aromatic heterocycles. The smallest absolute Gasteiger partial charge is 0.320 e. The number of rotatable bonds is 6. The van der Waals surface area contributed by atoms with Crippen molar-refractivity contribution in [2.45, 2.75) is 58.2 Å². The third-order valence-electron chi connectivity index (χ3n) is 2.97. The van der Waals surface area contributed by atoms with Gasteiger partial charge in [0.05, 0.1) is 6.54 Å². The van der Waals surface area contributed by atoms with Crippen molar-refractivity contribution in [2.24, 2.45) is 23.1 Å². The summed E-state index contributed by atoms with van der Waals surface area (Å²) < 4.78 is 0. The van der Waals surface area contributed by atoms with Gasteiger partial charge < -0.3 is 42.9 Å². The molecule has 1 rings (SSSR count). The number of aliphatic carboxylic acids is 4. The van der Waals surface area contributed by atoms with Crippen molar-refractivity contribution < 1.29 is 39.6 Å². The number of carbonyl (C=O) groups is 4. The Morgan fingerprint density at radius 3 is 1.54 bits per heavy atom. The number of carboxylic acids is 4. The first-order chi connectivity index (χ1) is 12.8. The van der Waals surface area contributed by atoms with Gasteiger partial charge in [-0.25, -0.2) is 0 Å². The predicted octanol–water partition coefficient (Wildman–Crippen LogP) is -1.28. The highest BCUT2D eigenvalue weighted by Crippen LogP contribution is 2.03. The zero-order valence-corrected chi connectivity index (χ0v) is 16.5. The topological polar surface area (TPSA) is 239 Å². The molecule has 11 N–H and O–H groups in total. The second-order valence-corrected chi connectivity index (χ2v) is 6.29. The van der Waals surface area contributed by atoms with Crippen LogP contribution in [0.25, 0.3) is 0 Å². The van der Waals surface area contributed by atoms with E-state index in [0.29, 0.717) is 12.3 Å². The van der Waals surface area contributed by atoms with E-state index in [1.54, 1.807) is 0 Å². The summed E-state index contributed by atoms with van der Waals surface area (Å²) in [6.45, 7) is 5.89. The normalized spacial score (nSPS) is 16.8. The van der Waals surface area contributed by atoms with Gasteiger partial charge in [0.1, 0.15) is 18.1 Å². The summed E-state index contributed by atoms with van der Waals surface area (Å²) >= 11 is 0. The zero-order valence-electron chi connectivity index (χ0n) is 16.5. The molecule has 28 heavy (non-hydrogen) atoms. The van der Waals surface area contributed by atoms with Crippen LogP contribution in [-0.4, -0.2) is 75.5 Å². The molecule has 0 spiro atoms. The molecule has 2 unspecified atom stereocenters. The summed E-state index contributed by atoms with van der Waals surface area (Å²) in [6, 6.07) is -1.69. The Labute approximate surface area is 164 Å². The Hall–Kier alpha value is -2.28. The lowest BCUT2D eigenvalue weighted by Gasteiger charge is -2.07. The van der Waals surface area contributed by atoms with Gasteiger partial charge in [-0.2, -0.15) is 0 Å². The Balaban J connectivity index is -0.000000306. The molecule has 3 atom stereocenters. The van der Waals surface area contributed by atoms with Crippen LogP contribution in [0.2, 0.25) is 0 Å². The fourth-order valence-corrected chi connectivity index (χ4v) is 1.50. The fourth-order valence-electron chi connectivity index (χ4n) is 1.50. The minimum absolute atomic E-state index is 0.269. The molecule has 12 heteroatoms. The molecule has 0 radical (unpaired) electrons. The maximum absolute atomic E-state index is 10.1. The number of nitrogens with one attached hydrogen (secondary N) is 1. The maximum atomic E-state index is 10.1. The van der Waals surface area contributed by atoms with Crippen LogP contribution in [-0.2, 0) is 19.2 Å². The number of carboxylic acid groups (broad SMARTS) is 4. The van der Waals surface area contributed by atoms with Gasteiger partial charge in [-0.15, -0.1) is 0 Å². The molecule has 166 valence electrons. The zero-order chi connectivity index (χ0) is 22.9. The van der Waals surface area contributed by atoms with Crippen LogP contribution in [0.1, 0.15) is 40.0 Å². The van der Waals surface area contributed by atoms with Crippen LogP contribution >= 0.6 is 0 Å². The first-order valence-electron chi connectivity index (χ1n) is 8.60. The fraction of sp³-hybridized carbons (Fsp3) is 0.750. The van der Waals surface area contributed by atoms with E-state index in [0.717, 1.165) is 19.4 Å². The van der Waals surface area contributed by atoms with Gasteiger partial charge in [0.15, 0.2) is 0 Å². The van der Waals surface area contributed by atoms with Crippen molar-refractivity contribution in [3.05, 3.63) is 0 Å². The molecule has 0 aliphatic carbocycles.